The number of carbonyl (C=O) groups excluding carboxylic acids is 1. The van der Waals surface area contributed by atoms with Gasteiger partial charge >= 0.3 is 6.03 Å². The molecular weight excluding hydrogens is 290 g/mol. The Balaban J connectivity index is 1.67. The van der Waals surface area contributed by atoms with Crippen LogP contribution in [0.25, 0.3) is 0 Å². The Morgan fingerprint density at radius 3 is 2.96 bits per heavy atom. The third kappa shape index (κ3) is 3.13. The molecule has 1 atom stereocenters. The minimum atomic E-state index is -0.117. The number of fused-ring (bicyclic) bond motifs is 1. The second kappa shape index (κ2) is 6.28. The summed E-state index contributed by atoms with van der Waals surface area (Å²) in [6.07, 6.45) is 3.49. The predicted molar refractivity (Wildman–Crippen MR) is 88.4 cm³/mol. The lowest BCUT2D eigenvalue weighted by atomic mass is 10.0. The molecule has 1 aromatic carbocycles. The van der Waals surface area contributed by atoms with Crippen molar-refractivity contribution in [2.75, 3.05) is 13.7 Å². The molecule has 0 saturated carbocycles. The number of hydrogen-bond acceptors (Lipinski definition) is 3. The van der Waals surface area contributed by atoms with E-state index in [4.69, 9.17) is 4.74 Å². The highest BCUT2D eigenvalue weighted by Crippen LogP contribution is 2.36. The maximum absolute atomic E-state index is 12.4. The molecule has 0 bridgehead atoms. The minimum Gasteiger partial charge on any atom is -0.490 e. The molecule has 120 valence electrons. The topological polar surface area (TPSA) is 54.5 Å². The molecule has 0 radical (unpaired) electrons. The molecule has 0 spiro atoms. The smallest absolute Gasteiger partial charge is 0.318 e. The average molecular weight is 311 g/mol. The molecular formula is C18H21N3O2. The van der Waals surface area contributed by atoms with Gasteiger partial charge in [0.1, 0.15) is 12.4 Å². The Morgan fingerprint density at radius 1 is 1.39 bits per heavy atom. The van der Waals surface area contributed by atoms with Crippen LogP contribution in [0.1, 0.15) is 28.3 Å². The number of nitrogens with one attached hydrogen (secondary N) is 1. The van der Waals surface area contributed by atoms with E-state index in [2.05, 4.69) is 23.3 Å². The Kier molecular flexibility index (Phi) is 4.19. The van der Waals surface area contributed by atoms with E-state index in [1.165, 1.54) is 5.56 Å². The first kappa shape index (κ1) is 15.3. The number of amides is 2. The van der Waals surface area contributed by atoms with Crippen molar-refractivity contribution in [3.05, 3.63) is 58.9 Å². The molecule has 0 fully saturated rings. The summed E-state index contributed by atoms with van der Waals surface area (Å²) >= 11 is 0. The fraction of sp³-hybridized carbons (Fsp3) is 0.333. The van der Waals surface area contributed by atoms with E-state index >= 15 is 0 Å². The number of pyridine rings is 1. The quantitative estimate of drug-likeness (QED) is 0.948. The molecule has 1 aliphatic heterocycles. The maximum atomic E-state index is 12.4. The molecule has 1 aliphatic rings. The first-order valence-electron chi connectivity index (χ1n) is 7.69. The largest absolute Gasteiger partial charge is 0.490 e. The summed E-state index contributed by atoms with van der Waals surface area (Å²) in [6, 6.07) is 7.71. The summed E-state index contributed by atoms with van der Waals surface area (Å²) in [4.78, 5) is 18.1. The molecule has 0 saturated heterocycles. The molecule has 5 nitrogen and oxygen atoms in total. The summed E-state index contributed by atoms with van der Waals surface area (Å²) in [6.45, 7) is 5.11. The molecule has 2 heterocycles. The molecule has 23 heavy (non-hydrogen) atoms. The van der Waals surface area contributed by atoms with Gasteiger partial charge in [-0.05, 0) is 36.6 Å². The van der Waals surface area contributed by atoms with Crippen molar-refractivity contribution < 1.29 is 9.53 Å². The summed E-state index contributed by atoms with van der Waals surface area (Å²) in [5, 5.41) is 3.04. The first-order valence-corrected chi connectivity index (χ1v) is 7.69. The van der Waals surface area contributed by atoms with E-state index in [-0.39, 0.29) is 12.1 Å². The van der Waals surface area contributed by atoms with Crippen LogP contribution in [0.5, 0.6) is 5.75 Å². The average Bonchev–Trinajstić information content (AvgIpc) is 2.95. The van der Waals surface area contributed by atoms with Gasteiger partial charge in [0, 0.05) is 31.5 Å². The molecule has 5 heteroatoms. The number of aryl methyl sites for hydroxylation is 1. The number of rotatable bonds is 3. The van der Waals surface area contributed by atoms with E-state index in [0.29, 0.717) is 13.2 Å². The van der Waals surface area contributed by atoms with E-state index in [1.807, 2.05) is 25.1 Å². The number of carbonyl (C=O) groups is 1. The molecule has 0 aliphatic carbocycles. The van der Waals surface area contributed by atoms with Crippen LogP contribution in [0.3, 0.4) is 0 Å². The Morgan fingerprint density at radius 2 is 2.22 bits per heavy atom. The highest BCUT2D eigenvalue weighted by molar-refractivity contribution is 5.75. The fourth-order valence-corrected chi connectivity index (χ4v) is 2.75. The van der Waals surface area contributed by atoms with Crippen molar-refractivity contribution in [2.24, 2.45) is 0 Å². The summed E-state index contributed by atoms with van der Waals surface area (Å²) in [7, 11) is 1.78. The minimum absolute atomic E-state index is 0.104. The second-order valence-electron chi connectivity index (χ2n) is 5.96. The lowest BCUT2D eigenvalue weighted by molar-refractivity contribution is 0.199. The normalized spacial score (nSPS) is 15.7. The zero-order valence-corrected chi connectivity index (χ0v) is 13.7. The summed E-state index contributed by atoms with van der Waals surface area (Å²) in [5.74, 6) is 0.908. The first-order chi connectivity index (χ1) is 11.1. The number of nitrogens with zero attached hydrogens (tertiary/aromatic N) is 2. The van der Waals surface area contributed by atoms with Crippen LogP contribution < -0.4 is 10.1 Å². The predicted octanol–water partition coefficient (Wildman–Crippen LogP) is 2.97. The van der Waals surface area contributed by atoms with Crippen molar-refractivity contribution in [1.82, 2.24) is 15.2 Å². The zero-order chi connectivity index (χ0) is 16.4. The number of aromatic nitrogens is 1. The van der Waals surface area contributed by atoms with Gasteiger partial charge in [-0.2, -0.15) is 0 Å². The second-order valence-corrected chi connectivity index (χ2v) is 5.96. The van der Waals surface area contributed by atoms with Crippen LogP contribution in [-0.4, -0.2) is 29.6 Å². The maximum Gasteiger partial charge on any atom is 0.318 e. The molecule has 3 rings (SSSR count). The van der Waals surface area contributed by atoms with Crippen molar-refractivity contribution >= 4 is 6.03 Å². The Bertz CT molecular complexity index is 716. The van der Waals surface area contributed by atoms with Gasteiger partial charge in [-0.15, -0.1) is 0 Å². The van der Waals surface area contributed by atoms with E-state index in [9.17, 15) is 4.79 Å². The lowest BCUT2D eigenvalue weighted by Crippen LogP contribution is -2.39. The van der Waals surface area contributed by atoms with Crippen LogP contribution in [-0.2, 0) is 6.54 Å². The van der Waals surface area contributed by atoms with E-state index < -0.39 is 0 Å². The van der Waals surface area contributed by atoms with Gasteiger partial charge in [0.25, 0.3) is 0 Å². The highest BCUT2D eigenvalue weighted by atomic mass is 16.5. The lowest BCUT2D eigenvalue weighted by Gasteiger charge is -2.20. The van der Waals surface area contributed by atoms with Crippen molar-refractivity contribution in [1.29, 1.82) is 0 Å². The zero-order valence-electron chi connectivity index (χ0n) is 13.7. The van der Waals surface area contributed by atoms with Crippen LogP contribution in [0, 0.1) is 13.8 Å². The van der Waals surface area contributed by atoms with Crippen molar-refractivity contribution in [3.63, 3.8) is 0 Å². The summed E-state index contributed by atoms with van der Waals surface area (Å²) < 4.78 is 5.78. The SMILES string of the molecule is Cc1ccc2c(c1C)OC[C@@H]2NC(=O)N(C)Cc1cccnc1. The molecule has 0 unspecified atom stereocenters. The van der Waals surface area contributed by atoms with Gasteiger partial charge in [0.2, 0.25) is 0 Å². The van der Waals surface area contributed by atoms with Crippen molar-refractivity contribution in [3.8, 4) is 5.75 Å². The Labute approximate surface area is 136 Å². The van der Waals surface area contributed by atoms with Crippen LogP contribution >= 0.6 is 0 Å². The van der Waals surface area contributed by atoms with E-state index in [1.54, 1.807) is 24.3 Å². The molecule has 2 aromatic rings. The van der Waals surface area contributed by atoms with Crippen LogP contribution in [0.2, 0.25) is 0 Å². The number of urea groups is 1. The third-order valence-electron chi connectivity index (χ3n) is 4.26. The van der Waals surface area contributed by atoms with Gasteiger partial charge in [0.05, 0.1) is 6.04 Å². The van der Waals surface area contributed by atoms with Crippen molar-refractivity contribution in [2.45, 2.75) is 26.4 Å². The van der Waals surface area contributed by atoms with Gasteiger partial charge in [-0.25, -0.2) is 4.79 Å². The van der Waals surface area contributed by atoms with Gasteiger partial charge in [-0.3, -0.25) is 4.98 Å². The standard InChI is InChI=1S/C18H21N3O2/c1-12-6-7-15-16(11-23-17(15)13(12)2)20-18(22)21(3)10-14-5-4-8-19-9-14/h4-9,16H,10-11H2,1-3H3,(H,20,22)/t16-/m0/s1. The van der Waals surface area contributed by atoms with Gasteiger partial charge < -0.3 is 15.0 Å². The summed E-state index contributed by atoms with van der Waals surface area (Å²) in [5.41, 5.74) is 4.39. The van der Waals surface area contributed by atoms with E-state index in [0.717, 1.165) is 22.4 Å². The van der Waals surface area contributed by atoms with Gasteiger partial charge in [-0.1, -0.05) is 18.2 Å². The third-order valence-corrected chi connectivity index (χ3v) is 4.26. The fourth-order valence-electron chi connectivity index (χ4n) is 2.75. The Hall–Kier alpha value is -2.56. The highest BCUT2D eigenvalue weighted by Gasteiger charge is 2.28. The molecule has 2 amide bonds. The monoisotopic (exact) mass is 311 g/mol. The molecule has 1 aromatic heterocycles. The van der Waals surface area contributed by atoms with Gasteiger partial charge in [0.15, 0.2) is 0 Å². The number of benzene rings is 1. The van der Waals surface area contributed by atoms with Crippen LogP contribution in [0.4, 0.5) is 4.79 Å². The number of hydrogen-bond donors (Lipinski definition) is 1. The number of ether oxygens (including phenoxy) is 1. The molecule has 1 N–H and O–H groups in total. The van der Waals surface area contributed by atoms with Crippen LogP contribution in [0.15, 0.2) is 36.7 Å².